The molecule has 3 aliphatic rings. The van der Waals surface area contributed by atoms with Gasteiger partial charge in [0, 0.05) is 31.0 Å². The van der Waals surface area contributed by atoms with E-state index in [9.17, 15) is 9.50 Å². The summed E-state index contributed by atoms with van der Waals surface area (Å²) in [6, 6.07) is 4.99. The summed E-state index contributed by atoms with van der Waals surface area (Å²) in [4.78, 5) is 13.8. The van der Waals surface area contributed by atoms with E-state index >= 15 is 0 Å². The normalized spacial score (nSPS) is 29.0. The van der Waals surface area contributed by atoms with Crippen LogP contribution in [0.4, 0.5) is 16.2 Å². The lowest BCUT2D eigenvalue weighted by Crippen LogP contribution is -2.29. The molecular weight excluding hydrogens is 439 g/mol. The van der Waals surface area contributed by atoms with E-state index in [1.165, 1.54) is 24.6 Å². The van der Waals surface area contributed by atoms with Crippen molar-refractivity contribution < 1.29 is 9.50 Å². The van der Waals surface area contributed by atoms with Gasteiger partial charge in [0.05, 0.1) is 29.2 Å². The highest BCUT2D eigenvalue weighted by Gasteiger charge is 2.55. The first-order valence-electron chi connectivity index (χ1n) is 12.1. The van der Waals surface area contributed by atoms with Crippen molar-refractivity contribution in [1.82, 2.24) is 20.3 Å². The molecule has 0 spiro atoms. The van der Waals surface area contributed by atoms with Crippen LogP contribution in [0.2, 0.25) is 0 Å². The van der Waals surface area contributed by atoms with Gasteiger partial charge in [-0.25, -0.2) is 9.37 Å². The van der Waals surface area contributed by atoms with Crippen LogP contribution >= 0.6 is 11.8 Å². The van der Waals surface area contributed by atoms with Gasteiger partial charge in [0.1, 0.15) is 5.82 Å². The minimum absolute atomic E-state index is 0.0488. The van der Waals surface area contributed by atoms with Crippen molar-refractivity contribution in [2.45, 2.75) is 86.9 Å². The Bertz CT molecular complexity index is 950. The molecule has 4 N–H and O–H groups in total. The molecule has 0 radical (unpaired) electrons. The van der Waals surface area contributed by atoms with Crippen LogP contribution in [0, 0.1) is 0 Å². The number of aliphatic hydroxyl groups is 1. The number of aromatic nitrogens is 3. The van der Waals surface area contributed by atoms with E-state index in [0.717, 1.165) is 55.5 Å². The number of hydrogen-bond donors (Lipinski definition) is 4. The molecule has 33 heavy (non-hydrogen) atoms. The summed E-state index contributed by atoms with van der Waals surface area (Å²) in [6.07, 6.45) is 10.1. The molecule has 178 valence electrons. The molecule has 2 atom stereocenters. The number of aliphatic hydroxyl groups excluding tert-OH is 1. The Hall–Kier alpha value is -1.97. The van der Waals surface area contributed by atoms with Crippen LogP contribution in [-0.2, 0) is 6.54 Å². The van der Waals surface area contributed by atoms with Gasteiger partial charge in [-0.1, -0.05) is 13.0 Å². The maximum Gasteiger partial charge on any atom is 0.224 e. The average Bonchev–Trinajstić information content (AvgIpc) is 3.76. The fourth-order valence-corrected chi connectivity index (χ4v) is 5.34. The first-order valence-corrected chi connectivity index (χ1v) is 13.0. The Morgan fingerprint density at radius 3 is 2.55 bits per heavy atom. The second-order valence-electron chi connectivity index (χ2n) is 9.47. The van der Waals surface area contributed by atoms with Crippen molar-refractivity contribution in [2.24, 2.45) is 0 Å². The van der Waals surface area contributed by atoms with Gasteiger partial charge in [-0.2, -0.15) is 4.98 Å². The summed E-state index contributed by atoms with van der Waals surface area (Å²) in [5.41, 5.74) is 2.79. The highest BCUT2D eigenvalue weighted by atomic mass is 32.2. The molecule has 0 aromatic carbocycles. The molecule has 3 heterocycles. The third-order valence-electron chi connectivity index (χ3n) is 6.72. The fourth-order valence-electron chi connectivity index (χ4n) is 4.36. The number of alkyl halides is 1. The Balaban J connectivity index is 1.32. The molecule has 1 aliphatic heterocycles. The minimum atomic E-state index is -1.23. The largest absolute Gasteiger partial charge is 0.393 e. The molecule has 2 aromatic heterocycles. The molecular formula is C24H33FN6OS. The summed E-state index contributed by atoms with van der Waals surface area (Å²) in [5, 5.41) is 18.8. The van der Waals surface area contributed by atoms with E-state index in [-0.39, 0.29) is 23.9 Å². The third-order valence-corrected chi connectivity index (χ3v) is 8.28. The highest BCUT2D eigenvalue weighted by molar-refractivity contribution is 8.08. The number of hydrogen-bond acceptors (Lipinski definition) is 8. The molecule has 2 saturated carbocycles. The molecule has 2 aliphatic carbocycles. The second kappa shape index (κ2) is 9.72. The van der Waals surface area contributed by atoms with E-state index in [4.69, 9.17) is 4.98 Å². The Morgan fingerprint density at radius 2 is 1.88 bits per heavy atom. The van der Waals surface area contributed by atoms with Gasteiger partial charge in [-0.3, -0.25) is 4.98 Å². The zero-order valence-electron chi connectivity index (χ0n) is 19.1. The van der Waals surface area contributed by atoms with Crippen LogP contribution in [0.25, 0.3) is 11.3 Å². The second-order valence-corrected chi connectivity index (χ2v) is 11.0. The van der Waals surface area contributed by atoms with Crippen LogP contribution in [0.3, 0.4) is 0 Å². The predicted octanol–water partition coefficient (Wildman–Crippen LogP) is 4.11. The fraction of sp³-hybridized carbons (Fsp3) is 0.625. The number of pyridine rings is 1. The van der Waals surface area contributed by atoms with E-state index in [1.807, 2.05) is 19.2 Å². The summed E-state index contributed by atoms with van der Waals surface area (Å²) in [6.45, 7) is 3.04. The van der Waals surface area contributed by atoms with Gasteiger partial charge < -0.3 is 21.1 Å². The van der Waals surface area contributed by atoms with Crippen molar-refractivity contribution in [3.05, 3.63) is 30.1 Å². The molecule has 1 saturated heterocycles. The van der Waals surface area contributed by atoms with Crippen molar-refractivity contribution in [1.29, 1.82) is 0 Å². The lowest BCUT2D eigenvalue weighted by atomic mass is 9.93. The van der Waals surface area contributed by atoms with Gasteiger partial charge in [-0.15, -0.1) is 11.8 Å². The molecule has 0 amide bonds. The lowest BCUT2D eigenvalue weighted by molar-refractivity contribution is 0.126. The maximum atomic E-state index is 14.6. The summed E-state index contributed by atoms with van der Waals surface area (Å²) in [5.74, 6) is 1.12. The van der Waals surface area contributed by atoms with Gasteiger partial charge in [0.15, 0.2) is 5.00 Å². The SMILES string of the molecule is CCC1S[C@]1(F)CNc1ncc(-c2ccc(CNC3CC3)cn2)c(NC2CCC(O)CC2)n1. The molecule has 2 aromatic rings. The quantitative estimate of drug-likeness (QED) is 0.384. The van der Waals surface area contributed by atoms with Crippen LogP contribution in [0.15, 0.2) is 24.5 Å². The molecule has 9 heteroatoms. The first-order chi connectivity index (χ1) is 16.0. The summed E-state index contributed by atoms with van der Waals surface area (Å²) in [7, 11) is 0. The Morgan fingerprint density at radius 1 is 1.09 bits per heavy atom. The van der Waals surface area contributed by atoms with Crippen molar-refractivity contribution >= 4 is 23.5 Å². The topological polar surface area (TPSA) is 95.0 Å². The number of nitrogens with zero attached hydrogens (tertiary/aromatic N) is 3. The van der Waals surface area contributed by atoms with Crippen molar-refractivity contribution in [3.63, 3.8) is 0 Å². The van der Waals surface area contributed by atoms with E-state index in [1.54, 1.807) is 6.20 Å². The van der Waals surface area contributed by atoms with Gasteiger partial charge in [0.2, 0.25) is 5.95 Å². The van der Waals surface area contributed by atoms with E-state index in [0.29, 0.717) is 17.8 Å². The Labute approximate surface area is 198 Å². The minimum Gasteiger partial charge on any atom is -0.393 e. The maximum absolute atomic E-state index is 14.6. The van der Waals surface area contributed by atoms with Gasteiger partial charge >= 0.3 is 0 Å². The van der Waals surface area contributed by atoms with Crippen molar-refractivity contribution in [3.8, 4) is 11.3 Å². The predicted molar refractivity (Wildman–Crippen MR) is 131 cm³/mol. The first kappa shape index (κ1) is 22.8. The third kappa shape index (κ3) is 5.75. The molecule has 1 unspecified atom stereocenters. The van der Waals surface area contributed by atoms with E-state index in [2.05, 4.69) is 32.0 Å². The van der Waals surface area contributed by atoms with Crippen LogP contribution in [0.1, 0.15) is 57.4 Å². The summed E-state index contributed by atoms with van der Waals surface area (Å²) < 4.78 is 14.6. The summed E-state index contributed by atoms with van der Waals surface area (Å²) >= 11 is 1.36. The average molecular weight is 473 g/mol. The number of halogens is 1. The number of nitrogens with one attached hydrogen (secondary N) is 3. The monoisotopic (exact) mass is 472 g/mol. The molecule has 7 nitrogen and oxygen atoms in total. The smallest absolute Gasteiger partial charge is 0.224 e. The van der Waals surface area contributed by atoms with Crippen LogP contribution < -0.4 is 16.0 Å². The van der Waals surface area contributed by atoms with Crippen LogP contribution in [0.5, 0.6) is 0 Å². The van der Waals surface area contributed by atoms with Gasteiger partial charge in [-0.05, 0) is 56.6 Å². The zero-order chi connectivity index (χ0) is 22.8. The van der Waals surface area contributed by atoms with Gasteiger partial charge in [0.25, 0.3) is 0 Å². The number of thioether (sulfide) groups is 1. The highest BCUT2D eigenvalue weighted by Crippen LogP contribution is 2.56. The lowest BCUT2D eigenvalue weighted by Gasteiger charge is -2.27. The molecule has 0 bridgehead atoms. The zero-order valence-corrected chi connectivity index (χ0v) is 19.9. The Kier molecular flexibility index (Phi) is 6.72. The van der Waals surface area contributed by atoms with Crippen molar-refractivity contribution in [2.75, 3.05) is 17.2 Å². The molecule has 5 rings (SSSR count). The van der Waals surface area contributed by atoms with E-state index < -0.39 is 5.00 Å². The number of rotatable bonds is 10. The molecule has 3 fully saturated rings. The van der Waals surface area contributed by atoms with Crippen LogP contribution in [-0.4, -0.2) is 55.0 Å². The standard InChI is InChI=1S/C24H33FN6OS/c1-2-21-24(25,33-21)14-29-23-28-13-19(22(31-23)30-17-6-8-18(32)9-7-17)20-10-3-15(12-27-20)11-26-16-4-5-16/h3,10,12-13,16-18,21,26,32H,2,4-9,11,14H2,1H3,(H2,28,29,30,31)/t17?,18?,21?,24-/m1/s1. The number of anilines is 2.